The number of methoxy groups -OCH3 is 1. The first-order valence-electron chi connectivity index (χ1n) is 11.0. The number of halogens is 1. The highest BCUT2D eigenvalue weighted by atomic mass is 79.9. The second-order valence-corrected chi connectivity index (χ2v) is 10.7. The summed E-state index contributed by atoms with van der Waals surface area (Å²) in [5.41, 5.74) is 1.36. The summed E-state index contributed by atoms with van der Waals surface area (Å²) in [4.78, 5) is 27.2. The van der Waals surface area contributed by atoms with E-state index in [0.29, 0.717) is 24.4 Å². The summed E-state index contributed by atoms with van der Waals surface area (Å²) in [6.45, 7) is 4.38. The first kappa shape index (κ1) is 27.7. The molecule has 2 rings (SSSR count). The van der Waals surface area contributed by atoms with Gasteiger partial charge in [-0.2, -0.15) is 0 Å². The van der Waals surface area contributed by atoms with Crippen LogP contribution in [-0.4, -0.2) is 57.6 Å². The van der Waals surface area contributed by atoms with E-state index in [1.165, 1.54) is 16.3 Å². The van der Waals surface area contributed by atoms with E-state index < -0.39 is 16.1 Å². The third-order valence-corrected chi connectivity index (χ3v) is 7.00. The zero-order valence-electron chi connectivity index (χ0n) is 20.0. The summed E-state index contributed by atoms with van der Waals surface area (Å²) in [6, 6.07) is 13.6. The first-order valence-corrected chi connectivity index (χ1v) is 13.6. The van der Waals surface area contributed by atoms with Crippen molar-refractivity contribution < 1.29 is 22.7 Å². The molecule has 0 saturated carbocycles. The molecule has 1 N–H and O–H groups in total. The molecule has 0 aliphatic rings. The fraction of sp³-hybridized carbons (Fsp3) is 0.417. The molecule has 0 saturated heterocycles. The third-order valence-electron chi connectivity index (χ3n) is 5.28. The lowest BCUT2D eigenvalue weighted by atomic mass is 10.1. The van der Waals surface area contributed by atoms with Gasteiger partial charge >= 0.3 is 0 Å². The van der Waals surface area contributed by atoms with E-state index in [1.807, 2.05) is 31.2 Å². The van der Waals surface area contributed by atoms with Crippen molar-refractivity contribution in [2.75, 3.05) is 30.8 Å². The van der Waals surface area contributed by atoms with Crippen molar-refractivity contribution in [2.24, 2.45) is 0 Å². The SMILES string of the molecule is CCNC(=O)[C@@H](C)N(Cc1ccc(Br)cc1)C(=O)CCCN(c1cccc(OC)c1)S(C)(=O)=O. The fourth-order valence-electron chi connectivity index (χ4n) is 3.46. The Hall–Kier alpha value is -2.59. The van der Waals surface area contributed by atoms with E-state index in [1.54, 1.807) is 31.2 Å². The van der Waals surface area contributed by atoms with Crippen LogP contribution in [0.1, 0.15) is 32.3 Å². The van der Waals surface area contributed by atoms with E-state index in [9.17, 15) is 18.0 Å². The number of hydrogen-bond donors (Lipinski definition) is 1. The lowest BCUT2D eigenvalue weighted by molar-refractivity contribution is -0.140. The Morgan fingerprint density at radius 1 is 1.15 bits per heavy atom. The van der Waals surface area contributed by atoms with Crippen LogP contribution in [0.3, 0.4) is 0 Å². The van der Waals surface area contributed by atoms with Crippen LogP contribution in [0.4, 0.5) is 5.69 Å². The van der Waals surface area contributed by atoms with Gasteiger partial charge in [-0.15, -0.1) is 0 Å². The van der Waals surface area contributed by atoms with Gasteiger partial charge in [0.25, 0.3) is 0 Å². The molecular formula is C24H32BrN3O5S. The molecule has 0 radical (unpaired) electrons. The monoisotopic (exact) mass is 553 g/mol. The number of rotatable bonds is 12. The first-order chi connectivity index (χ1) is 16.1. The van der Waals surface area contributed by atoms with Gasteiger partial charge in [0.05, 0.1) is 19.1 Å². The number of sulfonamides is 1. The van der Waals surface area contributed by atoms with Crippen LogP contribution < -0.4 is 14.4 Å². The van der Waals surface area contributed by atoms with Gasteiger partial charge in [0.2, 0.25) is 21.8 Å². The highest BCUT2D eigenvalue weighted by molar-refractivity contribution is 9.10. The predicted molar refractivity (Wildman–Crippen MR) is 137 cm³/mol. The molecule has 10 heteroatoms. The molecule has 2 amide bonds. The van der Waals surface area contributed by atoms with Crippen molar-refractivity contribution in [1.29, 1.82) is 0 Å². The van der Waals surface area contributed by atoms with Crippen molar-refractivity contribution in [3.8, 4) is 5.75 Å². The number of ether oxygens (including phenoxy) is 1. The Morgan fingerprint density at radius 3 is 2.41 bits per heavy atom. The molecule has 0 aromatic heterocycles. The van der Waals surface area contributed by atoms with E-state index in [4.69, 9.17) is 4.74 Å². The highest BCUT2D eigenvalue weighted by Gasteiger charge is 2.26. The standard InChI is InChI=1S/C24H32BrN3O5S/c1-5-26-24(30)18(2)27(17-19-11-13-20(25)14-12-19)23(29)10-7-15-28(34(4,31)32)21-8-6-9-22(16-21)33-3/h6,8-9,11-14,16,18H,5,7,10,15,17H2,1-4H3,(H,26,30)/t18-/m1/s1. The maximum absolute atomic E-state index is 13.2. The summed E-state index contributed by atoms with van der Waals surface area (Å²) < 4.78 is 32.2. The molecule has 2 aromatic carbocycles. The molecule has 0 bridgehead atoms. The highest BCUT2D eigenvalue weighted by Crippen LogP contribution is 2.24. The normalized spacial score (nSPS) is 12.0. The summed E-state index contributed by atoms with van der Waals surface area (Å²) in [5, 5.41) is 2.76. The topological polar surface area (TPSA) is 96.0 Å². The van der Waals surface area contributed by atoms with Crippen molar-refractivity contribution in [1.82, 2.24) is 10.2 Å². The summed E-state index contributed by atoms with van der Waals surface area (Å²) in [6.07, 6.45) is 1.52. The van der Waals surface area contributed by atoms with E-state index in [0.717, 1.165) is 16.3 Å². The number of carbonyl (C=O) groups excluding carboxylic acids is 2. The maximum atomic E-state index is 13.2. The number of benzene rings is 2. The van der Waals surface area contributed by atoms with Gasteiger partial charge in [0.15, 0.2) is 0 Å². The van der Waals surface area contributed by atoms with Gasteiger partial charge in [0.1, 0.15) is 11.8 Å². The average Bonchev–Trinajstić information content (AvgIpc) is 2.80. The van der Waals surface area contributed by atoms with Crippen molar-refractivity contribution in [3.63, 3.8) is 0 Å². The number of nitrogens with zero attached hydrogens (tertiary/aromatic N) is 2. The van der Waals surface area contributed by atoms with Crippen LogP contribution in [0, 0.1) is 0 Å². The fourth-order valence-corrected chi connectivity index (χ4v) is 4.68. The molecule has 0 spiro atoms. The zero-order valence-corrected chi connectivity index (χ0v) is 22.4. The van der Waals surface area contributed by atoms with E-state index >= 15 is 0 Å². The molecule has 0 fully saturated rings. The van der Waals surface area contributed by atoms with Gasteiger partial charge in [-0.25, -0.2) is 8.42 Å². The number of hydrogen-bond acceptors (Lipinski definition) is 5. The second-order valence-electron chi connectivity index (χ2n) is 7.86. The lowest BCUT2D eigenvalue weighted by Crippen LogP contribution is -2.47. The summed E-state index contributed by atoms with van der Waals surface area (Å²) in [5.74, 6) is 0.0848. The van der Waals surface area contributed by atoms with Gasteiger partial charge < -0.3 is 15.0 Å². The van der Waals surface area contributed by atoms with Gasteiger partial charge in [0, 0.05) is 36.6 Å². The Kier molecular flexibility index (Phi) is 10.4. The average molecular weight is 555 g/mol. The van der Waals surface area contributed by atoms with E-state index in [2.05, 4.69) is 21.2 Å². The molecule has 0 unspecified atom stereocenters. The minimum atomic E-state index is -3.57. The maximum Gasteiger partial charge on any atom is 0.242 e. The van der Waals surface area contributed by atoms with Gasteiger partial charge in [-0.05, 0) is 50.1 Å². The molecule has 186 valence electrons. The van der Waals surface area contributed by atoms with E-state index in [-0.39, 0.29) is 31.3 Å². The Bertz CT molecular complexity index is 1080. The van der Waals surface area contributed by atoms with Crippen LogP contribution in [-0.2, 0) is 26.2 Å². The Labute approximate surface area is 210 Å². The van der Waals surface area contributed by atoms with Gasteiger partial charge in [-0.3, -0.25) is 13.9 Å². The summed E-state index contributed by atoms with van der Waals surface area (Å²) >= 11 is 3.40. The number of carbonyl (C=O) groups is 2. The Balaban J connectivity index is 2.15. The molecule has 0 heterocycles. The number of likely N-dealkylation sites (N-methyl/N-ethyl adjacent to an activating group) is 1. The van der Waals surface area contributed by atoms with Crippen molar-refractivity contribution in [3.05, 3.63) is 58.6 Å². The number of nitrogens with one attached hydrogen (secondary N) is 1. The quantitative estimate of drug-likeness (QED) is 0.433. The number of amides is 2. The summed E-state index contributed by atoms with van der Waals surface area (Å²) in [7, 11) is -2.05. The molecule has 0 aliphatic carbocycles. The minimum Gasteiger partial charge on any atom is -0.497 e. The zero-order chi connectivity index (χ0) is 25.3. The smallest absolute Gasteiger partial charge is 0.242 e. The van der Waals surface area contributed by atoms with Crippen LogP contribution >= 0.6 is 15.9 Å². The minimum absolute atomic E-state index is 0.0935. The van der Waals surface area contributed by atoms with Crippen LogP contribution in [0.5, 0.6) is 5.75 Å². The number of anilines is 1. The molecule has 0 aliphatic heterocycles. The van der Waals surface area contributed by atoms with Crippen LogP contribution in [0.15, 0.2) is 53.0 Å². The van der Waals surface area contributed by atoms with Crippen LogP contribution in [0.2, 0.25) is 0 Å². The molecule has 2 aromatic rings. The second kappa shape index (κ2) is 12.8. The third kappa shape index (κ3) is 8.02. The molecule has 8 nitrogen and oxygen atoms in total. The van der Waals surface area contributed by atoms with Crippen LogP contribution in [0.25, 0.3) is 0 Å². The molecular weight excluding hydrogens is 522 g/mol. The largest absolute Gasteiger partial charge is 0.497 e. The predicted octanol–water partition coefficient (Wildman–Crippen LogP) is 3.56. The van der Waals surface area contributed by atoms with Crippen molar-refractivity contribution in [2.45, 2.75) is 39.3 Å². The Morgan fingerprint density at radius 2 is 1.82 bits per heavy atom. The lowest BCUT2D eigenvalue weighted by Gasteiger charge is -2.29. The van der Waals surface area contributed by atoms with Gasteiger partial charge in [-0.1, -0.05) is 34.1 Å². The molecule has 34 heavy (non-hydrogen) atoms. The van der Waals surface area contributed by atoms with Crippen molar-refractivity contribution >= 4 is 43.5 Å². The molecule has 1 atom stereocenters.